The Labute approximate surface area is 112 Å². The highest BCUT2D eigenvalue weighted by atomic mass is 19.1. The van der Waals surface area contributed by atoms with Crippen LogP contribution in [0.1, 0.15) is 18.4 Å². The van der Waals surface area contributed by atoms with Crippen molar-refractivity contribution in [2.45, 2.75) is 18.4 Å². The second-order valence-corrected chi connectivity index (χ2v) is 5.35. The first-order valence-corrected chi connectivity index (χ1v) is 6.81. The lowest BCUT2D eigenvalue weighted by molar-refractivity contribution is 0.123. The summed E-state index contributed by atoms with van der Waals surface area (Å²) in [6, 6.07) is 4.69. The number of halogens is 1. The lowest BCUT2D eigenvalue weighted by Crippen LogP contribution is -2.39. The Hall–Kier alpha value is -1.39. The molecule has 2 N–H and O–H groups in total. The van der Waals surface area contributed by atoms with E-state index < -0.39 is 0 Å². The fourth-order valence-electron chi connectivity index (χ4n) is 2.85. The largest absolute Gasteiger partial charge is 0.481 e. The molecular weight excluding hydrogens is 243 g/mol. The molecule has 102 valence electrons. The van der Waals surface area contributed by atoms with Gasteiger partial charge in [-0.3, -0.25) is 4.90 Å². The Morgan fingerprint density at radius 1 is 1.42 bits per heavy atom. The molecule has 19 heavy (non-hydrogen) atoms. The molecule has 1 fully saturated rings. The van der Waals surface area contributed by atoms with Crippen LogP contribution in [-0.4, -0.2) is 36.7 Å². The molecule has 0 amide bonds. The summed E-state index contributed by atoms with van der Waals surface area (Å²) in [5.41, 5.74) is 6.13. The number of benzene rings is 1. The van der Waals surface area contributed by atoms with E-state index in [2.05, 4.69) is 11.0 Å². The Bertz CT molecular complexity index is 503. The average molecular weight is 262 g/mol. The highest BCUT2D eigenvalue weighted by Crippen LogP contribution is 2.36. The number of nitrogens with zero attached hydrogens (tertiary/aromatic N) is 1. The molecule has 1 aromatic carbocycles. The van der Waals surface area contributed by atoms with Gasteiger partial charge in [0.25, 0.3) is 0 Å². The first kappa shape index (κ1) is 12.6. The van der Waals surface area contributed by atoms with E-state index in [1.54, 1.807) is 6.07 Å². The summed E-state index contributed by atoms with van der Waals surface area (Å²) >= 11 is 0. The van der Waals surface area contributed by atoms with Gasteiger partial charge in [-0.05, 0) is 43.8 Å². The SMILES string of the molecule is NCCCN1CCC2(C=Cc3cc(F)ccc3O2)C1. The molecule has 1 saturated heterocycles. The fraction of sp³-hybridized carbons (Fsp3) is 0.467. The summed E-state index contributed by atoms with van der Waals surface area (Å²) in [6.45, 7) is 3.66. The van der Waals surface area contributed by atoms with E-state index in [0.29, 0.717) is 0 Å². The predicted molar refractivity (Wildman–Crippen MR) is 73.5 cm³/mol. The van der Waals surface area contributed by atoms with Crippen molar-refractivity contribution in [3.63, 3.8) is 0 Å². The smallest absolute Gasteiger partial charge is 0.141 e. The van der Waals surface area contributed by atoms with Crippen LogP contribution < -0.4 is 10.5 Å². The average Bonchev–Trinajstić information content (AvgIpc) is 2.80. The zero-order valence-corrected chi connectivity index (χ0v) is 10.9. The van der Waals surface area contributed by atoms with Gasteiger partial charge in [0.05, 0.1) is 0 Å². The number of nitrogens with two attached hydrogens (primary N) is 1. The molecule has 1 spiro atoms. The normalized spacial score (nSPS) is 25.6. The van der Waals surface area contributed by atoms with E-state index in [4.69, 9.17) is 10.5 Å². The van der Waals surface area contributed by atoms with E-state index in [0.717, 1.165) is 50.3 Å². The predicted octanol–water partition coefficient (Wildman–Crippen LogP) is 2.02. The van der Waals surface area contributed by atoms with Gasteiger partial charge in [-0.25, -0.2) is 4.39 Å². The molecule has 0 radical (unpaired) electrons. The van der Waals surface area contributed by atoms with Gasteiger partial charge in [0.1, 0.15) is 17.2 Å². The van der Waals surface area contributed by atoms with Crippen molar-refractivity contribution in [1.29, 1.82) is 0 Å². The van der Waals surface area contributed by atoms with E-state index in [1.165, 1.54) is 12.1 Å². The minimum absolute atomic E-state index is 0.223. The van der Waals surface area contributed by atoms with Crippen LogP contribution in [0, 0.1) is 5.82 Å². The second kappa shape index (κ2) is 4.94. The molecule has 0 aromatic heterocycles. The van der Waals surface area contributed by atoms with Gasteiger partial charge in [-0.1, -0.05) is 6.08 Å². The van der Waals surface area contributed by atoms with Crippen molar-refractivity contribution in [1.82, 2.24) is 4.90 Å². The molecule has 4 heteroatoms. The summed E-state index contributed by atoms with van der Waals surface area (Å²) < 4.78 is 19.3. The highest BCUT2D eigenvalue weighted by Gasteiger charge is 2.39. The van der Waals surface area contributed by atoms with Crippen LogP contribution in [0.2, 0.25) is 0 Å². The van der Waals surface area contributed by atoms with E-state index in [9.17, 15) is 4.39 Å². The monoisotopic (exact) mass is 262 g/mol. The molecule has 1 unspecified atom stereocenters. The number of fused-ring (bicyclic) bond motifs is 1. The van der Waals surface area contributed by atoms with Gasteiger partial charge < -0.3 is 10.5 Å². The molecule has 3 rings (SSSR count). The summed E-state index contributed by atoms with van der Waals surface area (Å²) in [5, 5.41) is 0. The minimum Gasteiger partial charge on any atom is -0.481 e. The summed E-state index contributed by atoms with van der Waals surface area (Å²) in [4.78, 5) is 2.38. The Balaban J connectivity index is 1.74. The van der Waals surface area contributed by atoms with Crippen molar-refractivity contribution in [2.24, 2.45) is 5.73 Å². The lowest BCUT2D eigenvalue weighted by Gasteiger charge is -2.31. The third-order valence-electron chi connectivity index (χ3n) is 3.87. The number of ether oxygens (including phenoxy) is 1. The van der Waals surface area contributed by atoms with Crippen molar-refractivity contribution in [2.75, 3.05) is 26.2 Å². The topological polar surface area (TPSA) is 38.5 Å². The van der Waals surface area contributed by atoms with Crippen molar-refractivity contribution >= 4 is 6.08 Å². The van der Waals surface area contributed by atoms with Gasteiger partial charge in [-0.2, -0.15) is 0 Å². The standard InChI is InChI=1S/C15H19FN2O/c16-13-2-3-14-12(10-13)4-5-15(19-14)6-9-18(11-15)8-1-7-17/h2-5,10H,1,6-9,11,17H2. The summed E-state index contributed by atoms with van der Waals surface area (Å²) in [6.07, 6.45) is 6.05. The molecule has 0 saturated carbocycles. The number of rotatable bonds is 3. The van der Waals surface area contributed by atoms with E-state index in [-0.39, 0.29) is 11.4 Å². The van der Waals surface area contributed by atoms with Crippen molar-refractivity contribution < 1.29 is 9.13 Å². The zero-order valence-electron chi connectivity index (χ0n) is 10.9. The summed E-state index contributed by atoms with van der Waals surface area (Å²) in [7, 11) is 0. The molecule has 0 bridgehead atoms. The number of hydrogen-bond acceptors (Lipinski definition) is 3. The van der Waals surface area contributed by atoms with Gasteiger partial charge in [0, 0.05) is 25.1 Å². The molecule has 1 atom stereocenters. The Kier molecular flexibility index (Phi) is 3.29. The Morgan fingerprint density at radius 3 is 3.16 bits per heavy atom. The first-order chi connectivity index (χ1) is 9.21. The van der Waals surface area contributed by atoms with Gasteiger partial charge in [-0.15, -0.1) is 0 Å². The van der Waals surface area contributed by atoms with Crippen LogP contribution >= 0.6 is 0 Å². The van der Waals surface area contributed by atoms with Crippen LogP contribution in [0.5, 0.6) is 5.75 Å². The second-order valence-electron chi connectivity index (χ2n) is 5.35. The molecule has 2 aliphatic heterocycles. The Morgan fingerprint density at radius 2 is 2.32 bits per heavy atom. The maximum Gasteiger partial charge on any atom is 0.141 e. The van der Waals surface area contributed by atoms with E-state index in [1.807, 2.05) is 6.08 Å². The third kappa shape index (κ3) is 2.51. The van der Waals surface area contributed by atoms with Crippen molar-refractivity contribution in [3.05, 3.63) is 35.7 Å². The van der Waals surface area contributed by atoms with Crippen LogP contribution in [0.4, 0.5) is 4.39 Å². The third-order valence-corrected chi connectivity index (χ3v) is 3.87. The first-order valence-electron chi connectivity index (χ1n) is 6.81. The quantitative estimate of drug-likeness (QED) is 0.905. The molecule has 2 aliphatic rings. The molecule has 1 aromatic rings. The van der Waals surface area contributed by atoms with Gasteiger partial charge >= 0.3 is 0 Å². The highest BCUT2D eigenvalue weighted by molar-refractivity contribution is 5.61. The van der Waals surface area contributed by atoms with Crippen LogP contribution in [-0.2, 0) is 0 Å². The van der Waals surface area contributed by atoms with Crippen LogP contribution in [0.3, 0.4) is 0 Å². The lowest BCUT2D eigenvalue weighted by atomic mass is 9.97. The van der Waals surface area contributed by atoms with Crippen LogP contribution in [0.25, 0.3) is 6.08 Å². The zero-order chi connectivity index (χ0) is 13.3. The van der Waals surface area contributed by atoms with Crippen molar-refractivity contribution in [3.8, 4) is 5.75 Å². The van der Waals surface area contributed by atoms with Gasteiger partial charge in [0.2, 0.25) is 0 Å². The maximum absolute atomic E-state index is 13.2. The van der Waals surface area contributed by atoms with Gasteiger partial charge in [0.15, 0.2) is 0 Å². The van der Waals surface area contributed by atoms with Crippen LogP contribution in [0.15, 0.2) is 24.3 Å². The molecule has 2 heterocycles. The maximum atomic E-state index is 13.2. The number of hydrogen-bond donors (Lipinski definition) is 1. The fourth-order valence-corrected chi connectivity index (χ4v) is 2.85. The summed E-state index contributed by atoms with van der Waals surface area (Å²) in [5.74, 6) is 0.559. The van der Waals surface area contributed by atoms with E-state index >= 15 is 0 Å². The molecular formula is C15H19FN2O. The minimum atomic E-state index is -0.237. The molecule has 0 aliphatic carbocycles. The number of likely N-dealkylation sites (tertiary alicyclic amines) is 1. The molecule has 3 nitrogen and oxygen atoms in total.